The van der Waals surface area contributed by atoms with E-state index in [2.05, 4.69) is 25.4 Å². The Morgan fingerprint density at radius 2 is 1.88 bits per heavy atom. The number of aromatic nitrogens is 5. The van der Waals surface area contributed by atoms with E-state index in [4.69, 9.17) is 4.74 Å². The van der Waals surface area contributed by atoms with Crippen LogP contribution in [0.3, 0.4) is 0 Å². The monoisotopic (exact) mass is 337 g/mol. The summed E-state index contributed by atoms with van der Waals surface area (Å²) in [7, 11) is 6.95. The Hall–Kier alpha value is -2.33. The highest BCUT2D eigenvalue weighted by atomic mass is 16.5. The minimum atomic E-state index is -0.516. The molecule has 0 fully saturated rings. The topological polar surface area (TPSA) is 107 Å². The molecule has 2 rings (SSSR count). The fourth-order valence-corrected chi connectivity index (χ4v) is 2.09. The first kappa shape index (κ1) is 18.0. The summed E-state index contributed by atoms with van der Waals surface area (Å²) in [5.41, 5.74) is -0.784. The molecule has 10 heteroatoms. The number of nitrogens with zero attached hydrogens (tertiary/aromatic N) is 6. The molecular weight excluding hydrogens is 314 g/mol. The van der Waals surface area contributed by atoms with Gasteiger partial charge in [0.1, 0.15) is 0 Å². The molecule has 0 aliphatic rings. The number of hydrogen-bond acceptors (Lipinski definition) is 8. The highest BCUT2D eigenvalue weighted by molar-refractivity contribution is 5.67. The molecule has 0 aliphatic carbocycles. The van der Waals surface area contributed by atoms with Gasteiger partial charge < -0.3 is 15.0 Å². The van der Waals surface area contributed by atoms with Crippen molar-refractivity contribution in [3.8, 4) is 6.01 Å². The molecule has 0 bridgehead atoms. The van der Waals surface area contributed by atoms with Gasteiger partial charge in [0, 0.05) is 27.2 Å². The van der Waals surface area contributed by atoms with Crippen LogP contribution in [-0.2, 0) is 14.1 Å². The minimum Gasteiger partial charge on any atom is -0.462 e. The molecule has 0 saturated carbocycles. The molecule has 24 heavy (non-hydrogen) atoms. The third kappa shape index (κ3) is 4.15. The van der Waals surface area contributed by atoms with Gasteiger partial charge in [0.15, 0.2) is 11.2 Å². The molecule has 0 spiro atoms. The smallest absolute Gasteiger partial charge is 0.336 e. The molecule has 10 nitrogen and oxygen atoms in total. The van der Waals surface area contributed by atoms with Crippen molar-refractivity contribution in [2.45, 2.75) is 6.42 Å². The average molecular weight is 337 g/mol. The van der Waals surface area contributed by atoms with Gasteiger partial charge >= 0.3 is 11.7 Å². The molecule has 2 aromatic heterocycles. The van der Waals surface area contributed by atoms with Gasteiger partial charge in [-0.05, 0) is 27.1 Å². The van der Waals surface area contributed by atoms with Gasteiger partial charge in [-0.1, -0.05) is 5.10 Å². The third-order valence-electron chi connectivity index (χ3n) is 3.51. The zero-order valence-corrected chi connectivity index (χ0v) is 14.4. The summed E-state index contributed by atoms with van der Waals surface area (Å²) in [6, 6.07) is 0.0338. The number of nitrogens with one attached hydrogen (secondary N) is 1. The van der Waals surface area contributed by atoms with Gasteiger partial charge in [0.2, 0.25) is 0 Å². The summed E-state index contributed by atoms with van der Waals surface area (Å²) in [5, 5.41) is 11.0. The molecular formula is C14H23N7O3. The Balaban J connectivity index is 1.97. The molecule has 1 N–H and O–H groups in total. The second-order valence-corrected chi connectivity index (χ2v) is 5.73. The van der Waals surface area contributed by atoms with E-state index in [9.17, 15) is 9.59 Å². The van der Waals surface area contributed by atoms with E-state index in [0.29, 0.717) is 6.61 Å². The van der Waals surface area contributed by atoms with E-state index >= 15 is 0 Å². The van der Waals surface area contributed by atoms with Gasteiger partial charge in [-0.15, -0.1) is 5.10 Å². The van der Waals surface area contributed by atoms with Crippen molar-refractivity contribution < 1.29 is 4.74 Å². The number of hydrogen-bond donors (Lipinski definition) is 1. The molecule has 0 radical (unpaired) electrons. The lowest BCUT2D eigenvalue weighted by molar-refractivity contribution is 0.281. The van der Waals surface area contributed by atoms with Crippen molar-refractivity contribution in [2.24, 2.45) is 14.1 Å². The average Bonchev–Trinajstić information content (AvgIpc) is 2.56. The number of aryl methyl sites for hydroxylation is 1. The fraction of sp³-hybridized carbons (Fsp3) is 0.643. The summed E-state index contributed by atoms with van der Waals surface area (Å²) in [4.78, 5) is 30.1. The first-order valence-corrected chi connectivity index (χ1v) is 7.70. The van der Waals surface area contributed by atoms with E-state index in [1.807, 2.05) is 14.1 Å². The summed E-state index contributed by atoms with van der Waals surface area (Å²) in [6.07, 6.45) is 0.778. The van der Waals surface area contributed by atoms with Crippen molar-refractivity contribution in [3.63, 3.8) is 0 Å². The zero-order valence-electron chi connectivity index (χ0n) is 14.4. The van der Waals surface area contributed by atoms with E-state index in [1.165, 1.54) is 18.7 Å². The van der Waals surface area contributed by atoms with Crippen molar-refractivity contribution in [3.05, 3.63) is 20.8 Å². The number of rotatable bonds is 8. The van der Waals surface area contributed by atoms with Crippen molar-refractivity contribution in [1.29, 1.82) is 0 Å². The third-order valence-corrected chi connectivity index (χ3v) is 3.51. The van der Waals surface area contributed by atoms with Crippen LogP contribution >= 0.6 is 0 Å². The van der Waals surface area contributed by atoms with Crippen LogP contribution in [0.25, 0.3) is 11.2 Å². The lowest BCUT2D eigenvalue weighted by Crippen LogP contribution is -2.37. The van der Waals surface area contributed by atoms with Gasteiger partial charge in [-0.25, -0.2) is 4.79 Å². The Morgan fingerprint density at radius 3 is 2.58 bits per heavy atom. The van der Waals surface area contributed by atoms with E-state index in [-0.39, 0.29) is 17.2 Å². The number of ether oxygens (including phenoxy) is 1. The van der Waals surface area contributed by atoms with Crippen LogP contribution in [0.1, 0.15) is 6.42 Å². The van der Waals surface area contributed by atoms with Gasteiger partial charge in [0.25, 0.3) is 5.56 Å². The summed E-state index contributed by atoms with van der Waals surface area (Å²) in [5.74, 6) is 0. The zero-order chi connectivity index (χ0) is 17.7. The van der Waals surface area contributed by atoms with Crippen molar-refractivity contribution in [1.82, 2.24) is 34.5 Å². The molecule has 0 unspecified atom stereocenters. The normalized spacial score (nSPS) is 11.4. The minimum absolute atomic E-state index is 0.0338. The SMILES string of the molecule is CN(C)CCNCCCOc1nnc2c(n1)c(=O)n(C)c(=O)n2C. The molecule has 0 saturated heterocycles. The second kappa shape index (κ2) is 7.97. The molecule has 0 aliphatic heterocycles. The maximum absolute atomic E-state index is 12.1. The van der Waals surface area contributed by atoms with Gasteiger partial charge in [0.05, 0.1) is 6.61 Å². The highest BCUT2D eigenvalue weighted by Gasteiger charge is 2.13. The van der Waals surface area contributed by atoms with E-state index < -0.39 is 11.2 Å². The molecule has 0 atom stereocenters. The summed E-state index contributed by atoms with van der Waals surface area (Å²) >= 11 is 0. The lowest BCUT2D eigenvalue weighted by atomic mass is 10.4. The summed E-state index contributed by atoms with van der Waals surface area (Å²) in [6.45, 7) is 3.10. The molecule has 2 aromatic rings. The maximum Gasteiger partial charge on any atom is 0.336 e. The van der Waals surface area contributed by atoms with E-state index in [1.54, 1.807) is 0 Å². The second-order valence-electron chi connectivity index (χ2n) is 5.73. The standard InChI is InChI=1S/C14H23N7O3/c1-19(2)8-7-15-6-5-9-24-13-16-10-11(17-18-13)20(3)14(23)21(4)12(10)22/h15H,5-9H2,1-4H3. The Bertz CT molecular complexity index is 812. The Kier molecular flexibility index (Phi) is 5.99. The van der Waals surface area contributed by atoms with Crippen LogP contribution in [0.2, 0.25) is 0 Å². The number of likely N-dealkylation sites (N-methyl/N-ethyl adjacent to an activating group) is 1. The Labute approximate surface area is 139 Å². The van der Waals surface area contributed by atoms with Crippen LogP contribution in [-0.4, -0.2) is 69.6 Å². The first-order chi connectivity index (χ1) is 11.4. The Morgan fingerprint density at radius 1 is 1.12 bits per heavy atom. The van der Waals surface area contributed by atoms with Crippen LogP contribution < -0.4 is 21.3 Å². The predicted octanol–water partition coefficient (Wildman–Crippen LogP) is -1.66. The first-order valence-electron chi connectivity index (χ1n) is 7.70. The van der Waals surface area contributed by atoms with Crippen LogP contribution in [0.15, 0.2) is 9.59 Å². The predicted molar refractivity (Wildman–Crippen MR) is 89.4 cm³/mol. The number of fused-ring (bicyclic) bond motifs is 1. The quantitative estimate of drug-likeness (QED) is 0.571. The lowest BCUT2D eigenvalue weighted by Gasteiger charge is -2.10. The van der Waals surface area contributed by atoms with Crippen molar-refractivity contribution >= 4 is 11.2 Å². The van der Waals surface area contributed by atoms with Crippen LogP contribution in [0, 0.1) is 0 Å². The van der Waals surface area contributed by atoms with E-state index in [0.717, 1.165) is 30.6 Å². The van der Waals surface area contributed by atoms with Crippen LogP contribution in [0.5, 0.6) is 6.01 Å². The fourth-order valence-electron chi connectivity index (χ4n) is 2.09. The van der Waals surface area contributed by atoms with Gasteiger partial charge in [-0.2, -0.15) is 4.98 Å². The largest absolute Gasteiger partial charge is 0.462 e. The van der Waals surface area contributed by atoms with Gasteiger partial charge in [-0.3, -0.25) is 13.9 Å². The highest BCUT2D eigenvalue weighted by Crippen LogP contribution is 2.05. The molecule has 0 amide bonds. The van der Waals surface area contributed by atoms with Crippen molar-refractivity contribution in [2.75, 3.05) is 40.3 Å². The maximum atomic E-state index is 12.1. The molecule has 132 valence electrons. The molecule has 2 heterocycles. The summed E-state index contributed by atoms with van der Waals surface area (Å²) < 4.78 is 7.65. The molecule has 0 aromatic carbocycles. The van der Waals surface area contributed by atoms with Crippen LogP contribution in [0.4, 0.5) is 0 Å².